The molecule has 1 heterocycles. The van der Waals surface area contributed by atoms with E-state index in [4.69, 9.17) is 33.0 Å². The molecule has 0 unspecified atom stereocenters. The van der Waals surface area contributed by atoms with Crippen LogP contribution in [0, 0.1) is 0 Å². The fraction of sp³-hybridized carbons (Fsp3) is 0.304. The standard InChI is InChI=1S/C23H21Cl2F2NO5/c24-17-11-16(12-18(25)13-17)23(26,27)20(29)6-5-19-8-10-33-22(32)28(19)9-7-14-1-3-15(4-2-14)21(30)31/h1-6,11-13,19-20,29H,7-10H2,(H,30,31)/t19-,20+/m0/s1. The van der Waals surface area contributed by atoms with Crippen molar-refractivity contribution < 1.29 is 33.3 Å². The number of hydrogen-bond acceptors (Lipinski definition) is 4. The van der Waals surface area contributed by atoms with E-state index in [0.717, 1.165) is 23.8 Å². The number of amides is 1. The van der Waals surface area contributed by atoms with E-state index in [1.807, 2.05) is 0 Å². The molecule has 0 saturated carbocycles. The number of cyclic esters (lactones) is 1. The third kappa shape index (κ3) is 6.22. The van der Waals surface area contributed by atoms with Gasteiger partial charge in [-0.05, 0) is 42.3 Å². The fourth-order valence-electron chi connectivity index (χ4n) is 3.43. The Kier molecular flexibility index (Phi) is 7.94. The van der Waals surface area contributed by atoms with Gasteiger partial charge in [-0.2, -0.15) is 8.78 Å². The number of aliphatic hydroxyl groups is 1. The van der Waals surface area contributed by atoms with Gasteiger partial charge in [-0.3, -0.25) is 0 Å². The average molecular weight is 500 g/mol. The van der Waals surface area contributed by atoms with Crippen molar-refractivity contribution in [1.82, 2.24) is 4.90 Å². The summed E-state index contributed by atoms with van der Waals surface area (Å²) in [6.45, 7) is 0.338. The summed E-state index contributed by atoms with van der Waals surface area (Å²) in [7, 11) is 0. The molecule has 1 fully saturated rings. The lowest BCUT2D eigenvalue weighted by Gasteiger charge is -2.33. The van der Waals surface area contributed by atoms with E-state index in [2.05, 4.69) is 0 Å². The first kappa shape index (κ1) is 25.0. The van der Waals surface area contributed by atoms with E-state index in [0.29, 0.717) is 12.8 Å². The topological polar surface area (TPSA) is 87.1 Å². The van der Waals surface area contributed by atoms with Crippen molar-refractivity contribution in [3.63, 3.8) is 0 Å². The van der Waals surface area contributed by atoms with Crippen LogP contribution >= 0.6 is 23.2 Å². The number of alkyl halides is 2. The predicted molar refractivity (Wildman–Crippen MR) is 119 cm³/mol. The normalized spacial score (nSPS) is 17.8. The number of nitrogens with zero attached hydrogens (tertiary/aromatic N) is 1. The Morgan fingerprint density at radius 2 is 1.85 bits per heavy atom. The van der Waals surface area contributed by atoms with Crippen molar-refractivity contribution in [1.29, 1.82) is 0 Å². The van der Waals surface area contributed by atoms with Crippen LogP contribution in [0.3, 0.4) is 0 Å². The molecular weight excluding hydrogens is 479 g/mol. The average Bonchev–Trinajstić information content (AvgIpc) is 2.76. The summed E-state index contributed by atoms with van der Waals surface area (Å²) in [4.78, 5) is 24.6. The van der Waals surface area contributed by atoms with E-state index in [1.54, 1.807) is 12.1 Å². The molecule has 0 spiro atoms. The Morgan fingerprint density at radius 3 is 2.45 bits per heavy atom. The molecule has 0 bridgehead atoms. The lowest BCUT2D eigenvalue weighted by atomic mass is 10.0. The van der Waals surface area contributed by atoms with Crippen molar-refractivity contribution >= 4 is 35.3 Å². The maximum absolute atomic E-state index is 14.7. The quantitative estimate of drug-likeness (QED) is 0.490. The maximum atomic E-state index is 14.7. The van der Waals surface area contributed by atoms with Gasteiger partial charge in [0.05, 0.1) is 18.2 Å². The van der Waals surface area contributed by atoms with Gasteiger partial charge in [0, 0.05) is 28.6 Å². The van der Waals surface area contributed by atoms with Gasteiger partial charge in [-0.1, -0.05) is 47.5 Å². The van der Waals surface area contributed by atoms with Crippen LogP contribution < -0.4 is 0 Å². The second-order valence-electron chi connectivity index (χ2n) is 7.53. The second-order valence-corrected chi connectivity index (χ2v) is 8.40. The van der Waals surface area contributed by atoms with Crippen LogP contribution in [0.15, 0.2) is 54.6 Å². The molecule has 2 aromatic carbocycles. The van der Waals surface area contributed by atoms with Crippen molar-refractivity contribution in [2.75, 3.05) is 13.2 Å². The Morgan fingerprint density at radius 1 is 1.21 bits per heavy atom. The minimum atomic E-state index is -3.66. The van der Waals surface area contributed by atoms with Crippen LogP contribution in [-0.4, -0.2) is 52.5 Å². The number of halogens is 4. The molecule has 10 heteroatoms. The third-order valence-electron chi connectivity index (χ3n) is 5.25. The third-order valence-corrected chi connectivity index (χ3v) is 5.69. The first-order valence-corrected chi connectivity index (χ1v) is 10.8. The highest BCUT2D eigenvalue weighted by Crippen LogP contribution is 2.36. The molecule has 2 aromatic rings. The number of carbonyl (C=O) groups is 2. The minimum Gasteiger partial charge on any atom is -0.478 e. The Bertz CT molecular complexity index is 1030. The molecule has 1 aliphatic rings. The van der Waals surface area contributed by atoms with Crippen LogP contribution in [0.5, 0.6) is 0 Å². The lowest BCUT2D eigenvalue weighted by molar-refractivity contribution is -0.0929. The van der Waals surface area contributed by atoms with E-state index in [9.17, 15) is 23.5 Å². The molecule has 0 aliphatic carbocycles. The monoisotopic (exact) mass is 499 g/mol. The van der Waals surface area contributed by atoms with Crippen LogP contribution in [0.1, 0.15) is 27.9 Å². The number of aromatic carboxylic acids is 1. The van der Waals surface area contributed by atoms with Crippen LogP contribution in [0.4, 0.5) is 13.6 Å². The van der Waals surface area contributed by atoms with Gasteiger partial charge < -0.3 is 19.8 Å². The minimum absolute atomic E-state index is 0.0194. The van der Waals surface area contributed by atoms with Crippen molar-refractivity contribution in [3.05, 3.63) is 81.4 Å². The summed E-state index contributed by atoms with van der Waals surface area (Å²) < 4.78 is 34.5. The summed E-state index contributed by atoms with van der Waals surface area (Å²) in [5.41, 5.74) is 0.417. The number of aliphatic hydroxyl groups excluding tert-OH is 1. The molecule has 1 saturated heterocycles. The van der Waals surface area contributed by atoms with Gasteiger partial charge >= 0.3 is 18.0 Å². The van der Waals surface area contributed by atoms with Crippen LogP contribution in [0.2, 0.25) is 10.0 Å². The predicted octanol–water partition coefficient (Wildman–Crippen LogP) is 5.15. The summed E-state index contributed by atoms with van der Waals surface area (Å²) in [5.74, 6) is -4.70. The summed E-state index contributed by atoms with van der Waals surface area (Å²) in [6.07, 6.45) is 0.308. The number of carbonyl (C=O) groups excluding carboxylic acids is 1. The van der Waals surface area contributed by atoms with Crippen molar-refractivity contribution in [2.24, 2.45) is 0 Å². The van der Waals surface area contributed by atoms with E-state index >= 15 is 0 Å². The number of benzene rings is 2. The number of ether oxygens (including phenoxy) is 1. The van der Waals surface area contributed by atoms with E-state index in [-0.39, 0.29) is 28.8 Å². The summed E-state index contributed by atoms with van der Waals surface area (Å²) in [5, 5.41) is 19.2. The number of carboxylic acid groups (broad SMARTS) is 1. The molecule has 0 aromatic heterocycles. The highest BCUT2D eigenvalue weighted by molar-refractivity contribution is 6.34. The number of rotatable bonds is 8. The molecule has 6 nitrogen and oxygen atoms in total. The first-order chi connectivity index (χ1) is 15.6. The van der Waals surface area contributed by atoms with Crippen LogP contribution in [-0.2, 0) is 17.1 Å². The van der Waals surface area contributed by atoms with Gasteiger partial charge in [0.2, 0.25) is 0 Å². The van der Waals surface area contributed by atoms with E-state index < -0.39 is 35.7 Å². The number of carboxylic acids is 1. The molecule has 176 valence electrons. The summed E-state index contributed by atoms with van der Waals surface area (Å²) in [6, 6.07) is 9.03. The Balaban J connectivity index is 1.70. The Labute approximate surface area is 199 Å². The molecule has 1 aliphatic heterocycles. The first-order valence-electron chi connectivity index (χ1n) is 10.0. The molecule has 3 rings (SSSR count). The molecule has 33 heavy (non-hydrogen) atoms. The summed E-state index contributed by atoms with van der Waals surface area (Å²) >= 11 is 11.6. The maximum Gasteiger partial charge on any atom is 0.410 e. The molecule has 2 atom stereocenters. The van der Waals surface area contributed by atoms with Crippen LogP contribution in [0.25, 0.3) is 0 Å². The zero-order valence-electron chi connectivity index (χ0n) is 17.3. The lowest BCUT2D eigenvalue weighted by Crippen LogP contribution is -2.45. The largest absolute Gasteiger partial charge is 0.478 e. The van der Waals surface area contributed by atoms with Gasteiger partial charge in [0.1, 0.15) is 6.10 Å². The highest BCUT2D eigenvalue weighted by Gasteiger charge is 2.40. The highest BCUT2D eigenvalue weighted by atomic mass is 35.5. The zero-order valence-corrected chi connectivity index (χ0v) is 18.8. The zero-order chi connectivity index (χ0) is 24.2. The Hall–Kier alpha value is -2.68. The SMILES string of the molecule is O=C(O)c1ccc(CCN2C(=O)OCC[C@@H]2C=C[C@@H](O)C(F)(F)c2cc(Cl)cc(Cl)c2)cc1. The second kappa shape index (κ2) is 10.5. The van der Waals surface area contributed by atoms with Gasteiger partial charge in [0.15, 0.2) is 0 Å². The molecule has 0 radical (unpaired) electrons. The smallest absolute Gasteiger partial charge is 0.410 e. The number of hydrogen-bond donors (Lipinski definition) is 2. The van der Waals surface area contributed by atoms with Gasteiger partial charge in [0.25, 0.3) is 0 Å². The van der Waals surface area contributed by atoms with Crippen molar-refractivity contribution in [2.45, 2.75) is 30.9 Å². The van der Waals surface area contributed by atoms with Crippen molar-refractivity contribution in [3.8, 4) is 0 Å². The molecule has 2 N–H and O–H groups in total. The fourth-order valence-corrected chi connectivity index (χ4v) is 3.96. The van der Waals surface area contributed by atoms with Gasteiger partial charge in [-0.15, -0.1) is 0 Å². The molecular formula is C23H21Cl2F2NO5. The van der Waals surface area contributed by atoms with Gasteiger partial charge in [-0.25, -0.2) is 9.59 Å². The molecule has 1 amide bonds. The van der Waals surface area contributed by atoms with E-state index in [1.165, 1.54) is 29.2 Å².